The molecule has 0 aromatic rings. The van der Waals surface area contributed by atoms with E-state index in [1.54, 1.807) is 0 Å². The lowest BCUT2D eigenvalue weighted by Crippen LogP contribution is -2.30. The van der Waals surface area contributed by atoms with Crippen LogP contribution in [0.5, 0.6) is 0 Å². The van der Waals surface area contributed by atoms with E-state index < -0.39 is 97.5 Å². The van der Waals surface area contributed by atoms with Crippen molar-refractivity contribution in [3.63, 3.8) is 0 Å². The van der Waals surface area contributed by atoms with E-state index in [9.17, 15) is 43.2 Å². The summed E-state index contributed by atoms with van der Waals surface area (Å²) in [6.07, 6.45) is 58.2. The molecule has 0 bridgehead atoms. The fourth-order valence-corrected chi connectivity index (χ4v) is 13.6. The van der Waals surface area contributed by atoms with Crippen LogP contribution in [0.4, 0.5) is 0 Å². The number of phosphoric acid groups is 2. The summed E-state index contributed by atoms with van der Waals surface area (Å²) in [5.41, 5.74) is 0. The van der Waals surface area contributed by atoms with Crippen LogP contribution in [0, 0.1) is 11.8 Å². The average molecular weight is 1420 g/mol. The monoisotopic (exact) mass is 1420 g/mol. The minimum Gasteiger partial charge on any atom is -0.462 e. The van der Waals surface area contributed by atoms with E-state index in [-0.39, 0.29) is 25.7 Å². The predicted octanol–water partition coefficient (Wildman–Crippen LogP) is 23.1. The lowest BCUT2D eigenvalue weighted by molar-refractivity contribution is -0.161. The summed E-state index contributed by atoms with van der Waals surface area (Å²) in [6, 6.07) is 0. The second kappa shape index (κ2) is 69.8. The number of aliphatic hydroxyl groups is 1. The Balaban J connectivity index is 5.25. The summed E-state index contributed by atoms with van der Waals surface area (Å²) in [5, 5.41) is 10.6. The number of phosphoric ester groups is 2. The summed E-state index contributed by atoms with van der Waals surface area (Å²) in [6.45, 7) is 9.59. The molecular formula is C78H152O17P2. The molecule has 0 aromatic heterocycles. The minimum atomic E-state index is -4.96. The second-order valence-corrected chi connectivity index (χ2v) is 32.0. The van der Waals surface area contributed by atoms with Crippen LogP contribution in [0.3, 0.4) is 0 Å². The second-order valence-electron chi connectivity index (χ2n) is 29.1. The van der Waals surface area contributed by atoms with Crippen molar-refractivity contribution in [2.45, 2.75) is 426 Å². The molecule has 97 heavy (non-hydrogen) atoms. The van der Waals surface area contributed by atoms with Gasteiger partial charge in [0.1, 0.15) is 19.3 Å². The van der Waals surface area contributed by atoms with E-state index in [1.165, 1.54) is 218 Å². The van der Waals surface area contributed by atoms with Gasteiger partial charge in [-0.25, -0.2) is 9.13 Å². The summed E-state index contributed by atoms with van der Waals surface area (Å²) >= 11 is 0. The molecule has 3 N–H and O–H groups in total. The first-order valence-corrected chi connectivity index (χ1v) is 43.5. The maximum absolute atomic E-state index is 13.1. The Bertz CT molecular complexity index is 1870. The predicted molar refractivity (Wildman–Crippen MR) is 395 cm³/mol. The molecule has 0 saturated carbocycles. The minimum absolute atomic E-state index is 0.107. The zero-order valence-corrected chi connectivity index (χ0v) is 65.2. The molecule has 19 heteroatoms. The zero-order valence-electron chi connectivity index (χ0n) is 63.4. The van der Waals surface area contributed by atoms with Gasteiger partial charge in [0.2, 0.25) is 0 Å². The number of esters is 4. The Morgan fingerprint density at radius 1 is 0.278 bits per heavy atom. The highest BCUT2D eigenvalue weighted by Crippen LogP contribution is 2.45. The fraction of sp³-hybridized carbons (Fsp3) is 0.949. The van der Waals surface area contributed by atoms with Gasteiger partial charge in [0.15, 0.2) is 12.2 Å². The van der Waals surface area contributed by atoms with E-state index >= 15 is 0 Å². The van der Waals surface area contributed by atoms with Crippen molar-refractivity contribution in [1.82, 2.24) is 0 Å². The molecule has 17 nitrogen and oxygen atoms in total. The molecule has 0 aromatic carbocycles. The Kier molecular flexibility index (Phi) is 68.4. The number of unbranched alkanes of at least 4 members (excludes halogenated alkanes) is 47. The summed E-state index contributed by atoms with van der Waals surface area (Å²) < 4.78 is 68.6. The summed E-state index contributed by atoms with van der Waals surface area (Å²) in [4.78, 5) is 72.9. The number of carbonyl (C=O) groups excluding carboxylic acids is 4. The third kappa shape index (κ3) is 72.2. The van der Waals surface area contributed by atoms with Gasteiger partial charge in [0.25, 0.3) is 0 Å². The van der Waals surface area contributed by atoms with E-state index in [0.29, 0.717) is 31.6 Å². The normalized spacial score (nSPS) is 14.0. The van der Waals surface area contributed by atoms with Gasteiger partial charge in [0, 0.05) is 25.7 Å². The number of carbonyl (C=O) groups is 4. The molecule has 0 radical (unpaired) electrons. The third-order valence-corrected chi connectivity index (χ3v) is 20.1. The Labute approximate surface area is 594 Å². The van der Waals surface area contributed by atoms with Crippen molar-refractivity contribution in [2.24, 2.45) is 11.8 Å². The smallest absolute Gasteiger partial charge is 0.462 e. The van der Waals surface area contributed by atoms with Crippen LogP contribution >= 0.6 is 15.6 Å². The van der Waals surface area contributed by atoms with E-state index in [4.69, 9.17) is 37.0 Å². The number of aliphatic hydroxyl groups excluding tert-OH is 1. The number of hydrogen-bond acceptors (Lipinski definition) is 15. The highest BCUT2D eigenvalue weighted by atomic mass is 31.2. The van der Waals surface area contributed by atoms with Crippen LogP contribution in [0.15, 0.2) is 0 Å². The maximum Gasteiger partial charge on any atom is 0.472 e. The van der Waals surface area contributed by atoms with Gasteiger partial charge in [-0.15, -0.1) is 0 Å². The molecule has 0 rings (SSSR count). The summed E-state index contributed by atoms with van der Waals surface area (Å²) in [5.74, 6) is -0.611. The Morgan fingerprint density at radius 3 is 0.701 bits per heavy atom. The van der Waals surface area contributed by atoms with Gasteiger partial charge in [0.05, 0.1) is 26.4 Å². The van der Waals surface area contributed by atoms with Crippen molar-refractivity contribution in [3.05, 3.63) is 0 Å². The molecule has 5 atom stereocenters. The molecular weight excluding hydrogens is 1270 g/mol. The molecule has 2 unspecified atom stereocenters. The number of ether oxygens (including phenoxy) is 4. The quantitative estimate of drug-likeness (QED) is 0.0222. The van der Waals surface area contributed by atoms with E-state index in [0.717, 1.165) is 102 Å². The van der Waals surface area contributed by atoms with Gasteiger partial charge >= 0.3 is 39.5 Å². The highest BCUT2D eigenvalue weighted by Gasteiger charge is 2.30. The molecule has 0 fully saturated rings. The molecule has 0 saturated heterocycles. The first kappa shape index (κ1) is 95.1. The van der Waals surface area contributed by atoms with Crippen LogP contribution in [-0.2, 0) is 65.4 Å². The van der Waals surface area contributed by atoms with Crippen LogP contribution in [0.2, 0.25) is 0 Å². The lowest BCUT2D eigenvalue weighted by Gasteiger charge is -2.21. The van der Waals surface area contributed by atoms with Gasteiger partial charge in [-0.1, -0.05) is 356 Å². The largest absolute Gasteiger partial charge is 0.472 e. The third-order valence-electron chi connectivity index (χ3n) is 18.2. The molecule has 0 aliphatic rings. The Morgan fingerprint density at radius 2 is 0.474 bits per heavy atom. The lowest BCUT2D eigenvalue weighted by atomic mass is 10.0. The zero-order chi connectivity index (χ0) is 71.4. The van der Waals surface area contributed by atoms with Gasteiger partial charge in [-0.3, -0.25) is 37.3 Å². The first-order chi connectivity index (χ1) is 46.9. The van der Waals surface area contributed by atoms with Crippen LogP contribution in [-0.4, -0.2) is 96.7 Å². The van der Waals surface area contributed by atoms with Crippen molar-refractivity contribution >= 4 is 39.5 Å². The Hall–Kier alpha value is -1.94. The molecule has 0 amide bonds. The topological polar surface area (TPSA) is 237 Å². The molecule has 0 spiro atoms. The molecule has 576 valence electrons. The van der Waals surface area contributed by atoms with Crippen LogP contribution < -0.4 is 0 Å². The SMILES string of the molecule is CCCCCCCCCCCCCCCCCCC(=O)OC[C@H](COP(=O)(O)OC[C@@H](O)COP(=O)(O)OC[C@@H](COC(=O)CCCCCCCCCC(C)C)OC(=O)CCCCCCCCCCCCCCCC)OC(=O)CCCCCCCCCCCCCCCCC(C)C. The van der Waals surface area contributed by atoms with Crippen molar-refractivity contribution < 1.29 is 80.2 Å². The fourth-order valence-electron chi connectivity index (χ4n) is 12.0. The number of hydrogen-bond donors (Lipinski definition) is 3. The van der Waals surface area contributed by atoms with Crippen molar-refractivity contribution in [2.75, 3.05) is 39.6 Å². The van der Waals surface area contributed by atoms with Crippen LogP contribution in [0.1, 0.15) is 408 Å². The van der Waals surface area contributed by atoms with Crippen LogP contribution in [0.25, 0.3) is 0 Å². The number of rotatable bonds is 77. The standard InChI is InChI=1S/C78H152O17P2/c1-7-9-11-13-15-17-19-21-23-24-29-32-36-42-48-54-60-75(80)88-66-73(94-77(82)63-57-51-44-38-34-30-26-25-27-31-35-40-46-52-58-70(3)4)68-92-96(84,85)90-64-72(79)65-91-97(86,87)93-69-74(67-89-76(81)61-55-49-45-39-41-47-53-59-71(5)6)95-78(83)62-56-50-43-37-33-28-22-20-18-16-14-12-10-8-2/h70-74,79H,7-69H2,1-6H3,(H,84,85)(H,86,87)/t72-,73-,74-/m1/s1. The van der Waals surface area contributed by atoms with Gasteiger partial charge < -0.3 is 33.8 Å². The van der Waals surface area contributed by atoms with E-state index in [1.807, 2.05) is 0 Å². The highest BCUT2D eigenvalue weighted by molar-refractivity contribution is 7.47. The van der Waals surface area contributed by atoms with Gasteiger partial charge in [-0.05, 0) is 37.5 Å². The molecule has 0 aliphatic heterocycles. The van der Waals surface area contributed by atoms with E-state index in [2.05, 4.69) is 41.5 Å². The average Bonchev–Trinajstić information content (AvgIpc) is 1.97. The van der Waals surface area contributed by atoms with Crippen molar-refractivity contribution in [1.29, 1.82) is 0 Å². The maximum atomic E-state index is 13.1. The first-order valence-electron chi connectivity index (χ1n) is 40.5. The molecule has 0 heterocycles. The summed E-state index contributed by atoms with van der Waals surface area (Å²) in [7, 11) is -9.91. The molecule has 0 aliphatic carbocycles. The van der Waals surface area contributed by atoms with Gasteiger partial charge in [-0.2, -0.15) is 0 Å². The van der Waals surface area contributed by atoms with Crippen molar-refractivity contribution in [3.8, 4) is 0 Å².